The van der Waals surface area contributed by atoms with Gasteiger partial charge in [-0.2, -0.15) is 0 Å². The van der Waals surface area contributed by atoms with E-state index in [2.05, 4.69) is 49.3 Å². The van der Waals surface area contributed by atoms with Crippen molar-refractivity contribution in [2.75, 3.05) is 0 Å². The summed E-state index contributed by atoms with van der Waals surface area (Å²) in [5.74, 6) is 0.574. The normalized spacial score (nSPS) is 10.1. The highest BCUT2D eigenvalue weighted by molar-refractivity contribution is 5.85. The number of rotatable bonds is 1. The van der Waals surface area contributed by atoms with Crippen molar-refractivity contribution in [3.05, 3.63) is 36.2 Å². The van der Waals surface area contributed by atoms with Crippen molar-refractivity contribution < 1.29 is 0 Å². The molecule has 0 aliphatic rings. The van der Waals surface area contributed by atoms with Crippen molar-refractivity contribution in [2.45, 2.75) is 33.6 Å². The second-order valence-electron chi connectivity index (χ2n) is 3.44. The Kier molecular flexibility index (Phi) is 3.75. The fourth-order valence-corrected chi connectivity index (χ4v) is 1.58. The summed E-state index contributed by atoms with van der Waals surface area (Å²) in [5.41, 5.74) is 1.34. The molecule has 0 saturated heterocycles. The molecule has 0 aliphatic carbocycles. The minimum atomic E-state index is 0.574. The lowest BCUT2D eigenvalue weighted by Crippen LogP contribution is -1.86. The molecule has 0 spiro atoms. The SMILES string of the molecule is CC.CC(C)c1[nH]cc2ccccc12. The Bertz CT molecular complexity index is 385. The highest BCUT2D eigenvalue weighted by Gasteiger charge is 2.04. The summed E-state index contributed by atoms with van der Waals surface area (Å²) < 4.78 is 0. The van der Waals surface area contributed by atoms with E-state index < -0.39 is 0 Å². The first kappa shape index (κ1) is 10.8. The zero-order valence-electron chi connectivity index (χ0n) is 9.46. The average Bonchev–Trinajstić information content (AvgIpc) is 2.64. The van der Waals surface area contributed by atoms with Gasteiger partial charge in [0.15, 0.2) is 0 Å². The highest BCUT2D eigenvalue weighted by Crippen LogP contribution is 2.23. The number of nitrogens with one attached hydrogen (secondary N) is 1. The van der Waals surface area contributed by atoms with Gasteiger partial charge in [0.25, 0.3) is 0 Å². The summed E-state index contributed by atoms with van der Waals surface area (Å²) in [6, 6.07) is 8.46. The number of aromatic nitrogens is 1. The molecule has 1 N–H and O–H groups in total. The van der Waals surface area contributed by atoms with Gasteiger partial charge in [0.1, 0.15) is 0 Å². The standard InChI is InChI=1S/C11H13N.C2H6/c1-8(2)11-10-6-4-3-5-9(10)7-12-11;1-2/h3-8,12H,1-2H3;1-2H3. The molecule has 1 aromatic carbocycles. The molecule has 76 valence electrons. The van der Waals surface area contributed by atoms with E-state index in [0.717, 1.165) is 0 Å². The molecule has 0 bridgehead atoms. The van der Waals surface area contributed by atoms with Crippen LogP contribution in [0, 0.1) is 0 Å². The number of aromatic amines is 1. The van der Waals surface area contributed by atoms with Gasteiger partial charge in [-0.25, -0.2) is 0 Å². The number of hydrogen-bond acceptors (Lipinski definition) is 0. The van der Waals surface area contributed by atoms with Gasteiger partial charge in [0, 0.05) is 17.3 Å². The summed E-state index contributed by atoms with van der Waals surface area (Å²) in [7, 11) is 0. The van der Waals surface area contributed by atoms with Crippen molar-refractivity contribution in [3.8, 4) is 0 Å². The number of H-pyrrole nitrogens is 1. The Hall–Kier alpha value is -1.24. The second kappa shape index (κ2) is 4.85. The van der Waals surface area contributed by atoms with E-state index in [4.69, 9.17) is 0 Å². The number of fused-ring (bicyclic) bond motifs is 1. The van der Waals surface area contributed by atoms with Gasteiger partial charge in [-0.15, -0.1) is 0 Å². The van der Waals surface area contributed by atoms with Crippen LogP contribution in [0.1, 0.15) is 39.3 Å². The quantitative estimate of drug-likeness (QED) is 0.687. The van der Waals surface area contributed by atoms with Gasteiger partial charge in [0.2, 0.25) is 0 Å². The van der Waals surface area contributed by atoms with Crippen molar-refractivity contribution in [1.82, 2.24) is 4.98 Å². The lowest BCUT2D eigenvalue weighted by molar-refractivity contribution is 0.841. The van der Waals surface area contributed by atoms with Crippen LogP contribution in [0.15, 0.2) is 30.5 Å². The first-order valence-corrected chi connectivity index (χ1v) is 5.35. The van der Waals surface area contributed by atoms with Gasteiger partial charge < -0.3 is 4.98 Å². The molecule has 1 heteroatoms. The summed E-state index contributed by atoms with van der Waals surface area (Å²) >= 11 is 0. The van der Waals surface area contributed by atoms with E-state index in [1.165, 1.54) is 16.5 Å². The fourth-order valence-electron chi connectivity index (χ4n) is 1.58. The molecular weight excluding hydrogens is 170 g/mol. The highest BCUT2D eigenvalue weighted by atomic mass is 14.7. The van der Waals surface area contributed by atoms with E-state index in [1.807, 2.05) is 13.8 Å². The van der Waals surface area contributed by atoms with E-state index in [1.54, 1.807) is 0 Å². The van der Waals surface area contributed by atoms with E-state index in [-0.39, 0.29) is 0 Å². The molecule has 0 saturated carbocycles. The lowest BCUT2D eigenvalue weighted by Gasteiger charge is -2.01. The molecule has 0 atom stereocenters. The number of benzene rings is 1. The predicted octanol–water partition coefficient (Wildman–Crippen LogP) is 4.32. The van der Waals surface area contributed by atoms with Crippen LogP contribution in [0.3, 0.4) is 0 Å². The molecular formula is C13H19N. The third-order valence-corrected chi connectivity index (χ3v) is 2.21. The van der Waals surface area contributed by atoms with Crippen LogP contribution in [0.25, 0.3) is 10.8 Å². The minimum absolute atomic E-state index is 0.574. The van der Waals surface area contributed by atoms with Crippen LogP contribution >= 0.6 is 0 Å². The van der Waals surface area contributed by atoms with Crippen molar-refractivity contribution >= 4 is 10.8 Å². The van der Waals surface area contributed by atoms with Gasteiger partial charge in [-0.05, 0) is 11.3 Å². The first-order valence-electron chi connectivity index (χ1n) is 5.35. The molecule has 2 rings (SSSR count). The largest absolute Gasteiger partial charge is 0.364 e. The first-order chi connectivity index (χ1) is 6.79. The Labute approximate surface area is 86.2 Å². The van der Waals surface area contributed by atoms with Crippen LogP contribution in [-0.2, 0) is 0 Å². The van der Waals surface area contributed by atoms with Gasteiger partial charge in [-0.1, -0.05) is 52.0 Å². The third-order valence-electron chi connectivity index (χ3n) is 2.21. The van der Waals surface area contributed by atoms with Gasteiger partial charge >= 0.3 is 0 Å². The van der Waals surface area contributed by atoms with Crippen molar-refractivity contribution in [3.63, 3.8) is 0 Å². The molecule has 2 aromatic rings. The smallest absolute Gasteiger partial charge is 0.0252 e. The summed E-state index contributed by atoms with van der Waals surface area (Å²) in [6.07, 6.45) is 2.07. The molecule has 1 nitrogen and oxygen atoms in total. The number of hydrogen-bond donors (Lipinski definition) is 1. The zero-order chi connectivity index (χ0) is 10.6. The summed E-state index contributed by atoms with van der Waals surface area (Å²) in [5, 5.41) is 2.66. The van der Waals surface area contributed by atoms with E-state index >= 15 is 0 Å². The maximum atomic E-state index is 3.31. The molecule has 0 fully saturated rings. The Balaban J connectivity index is 0.000000461. The predicted molar refractivity (Wildman–Crippen MR) is 63.7 cm³/mol. The molecule has 0 radical (unpaired) electrons. The lowest BCUT2D eigenvalue weighted by atomic mass is 10.1. The van der Waals surface area contributed by atoms with Crippen molar-refractivity contribution in [1.29, 1.82) is 0 Å². The second-order valence-corrected chi connectivity index (χ2v) is 3.44. The molecule has 0 aliphatic heterocycles. The summed E-state index contributed by atoms with van der Waals surface area (Å²) in [6.45, 7) is 8.41. The Morgan fingerprint density at radius 2 is 1.71 bits per heavy atom. The average molecular weight is 189 g/mol. The molecule has 1 aromatic heterocycles. The fraction of sp³-hybridized carbons (Fsp3) is 0.385. The molecule has 1 heterocycles. The van der Waals surface area contributed by atoms with E-state index in [0.29, 0.717) is 5.92 Å². The maximum absolute atomic E-state index is 3.31. The van der Waals surface area contributed by atoms with E-state index in [9.17, 15) is 0 Å². The third kappa shape index (κ3) is 1.98. The van der Waals surface area contributed by atoms with Gasteiger partial charge in [-0.3, -0.25) is 0 Å². The van der Waals surface area contributed by atoms with Crippen LogP contribution in [0.2, 0.25) is 0 Å². The van der Waals surface area contributed by atoms with Crippen LogP contribution in [-0.4, -0.2) is 4.98 Å². The maximum Gasteiger partial charge on any atom is 0.0252 e. The molecule has 14 heavy (non-hydrogen) atoms. The minimum Gasteiger partial charge on any atom is -0.364 e. The monoisotopic (exact) mass is 189 g/mol. The molecule has 0 unspecified atom stereocenters. The zero-order valence-corrected chi connectivity index (χ0v) is 9.46. The van der Waals surface area contributed by atoms with Crippen LogP contribution < -0.4 is 0 Å². The van der Waals surface area contributed by atoms with Crippen molar-refractivity contribution in [2.24, 2.45) is 0 Å². The molecule has 0 amide bonds. The summed E-state index contributed by atoms with van der Waals surface area (Å²) in [4.78, 5) is 3.31. The Morgan fingerprint density at radius 3 is 2.36 bits per heavy atom. The van der Waals surface area contributed by atoms with Crippen LogP contribution in [0.4, 0.5) is 0 Å². The van der Waals surface area contributed by atoms with Crippen LogP contribution in [0.5, 0.6) is 0 Å². The van der Waals surface area contributed by atoms with Gasteiger partial charge in [0.05, 0.1) is 0 Å². The topological polar surface area (TPSA) is 15.8 Å². The Morgan fingerprint density at radius 1 is 1.07 bits per heavy atom.